The molecule has 2 fully saturated rings. The summed E-state index contributed by atoms with van der Waals surface area (Å²) in [6.45, 7) is 6.28. The number of esters is 1. The predicted octanol–water partition coefficient (Wildman–Crippen LogP) is 4.56. The maximum Gasteiger partial charge on any atom is 0.303 e. The van der Waals surface area contributed by atoms with E-state index in [1.54, 1.807) is 6.92 Å². The third kappa shape index (κ3) is 8.86. The average molecular weight is 539 g/mol. The van der Waals surface area contributed by atoms with Crippen LogP contribution in [0, 0.1) is 0 Å². The number of amides is 1. The number of nitrogens with zero attached hydrogens (tertiary/aromatic N) is 1. The van der Waals surface area contributed by atoms with Crippen molar-refractivity contribution in [3.63, 3.8) is 0 Å². The van der Waals surface area contributed by atoms with E-state index in [-0.39, 0.29) is 24.7 Å². The first-order chi connectivity index (χ1) is 18.9. The third-order valence-electron chi connectivity index (χ3n) is 7.46. The second kappa shape index (κ2) is 14.6. The molecule has 2 aliphatic heterocycles. The Bertz CT molecular complexity index is 1050. The topological polar surface area (TPSA) is 97.3 Å². The molecule has 4 rings (SSSR count). The van der Waals surface area contributed by atoms with Crippen LogP contribution in [0.4, 0.5) is 0 Å². The molecule has 1 unspecified atom stereocenters. The Labute approximate surface area is 231 Å². The van der Waals surface area contributed by atoms with E-state index in [0.717, 1.165) is 48.3 Å². The molecule has 1 amide bonds. The number of carbonyl (C=O) groups is 2. The van der Waals surface area contributed by atoms with Crippen molar-refractivity contribution < 1.29 is 28.9 Å². The third-order valence-corrected chi connectivity index (χ3v) is 7.46. The summed E-state index contributed by atoms with van der Waals surface area (Å²) >= 11 is 0. The van der Waals surface area contributed by atoms with Crippen molar-refractivity contribution >= 4 is 11.9 Å². The first kappa shape index (κ1) is 29.2. The molecular formula is C31H42N2O6. The van der Waals surface area contributed by atoms with Crippen LogP contribution in [-0.4, -0.2) is 53.7 Å². The minimum Gasteiger partial charge on any atom is -0.453 e. The monoisotopic (exact) mass is 538 g/mol. The van der Waals surface area contributed by atoms with E-state index in [9.17, 15) is 14.7 Å². The van der Waals surface area contributed by atoms with Gasteiger partial charge >= 0.3 is 5.97 Å². The van der Waals surface area contributed by atoms with Crippen LogP contribution in [0.2, 0.25) is 0 Å². The highest BCUT2D eigenvalue weighted by molar-refractivity contribution is 5.82. The standard InChI is InChI=1S/C31H42N2O6/c1-22(37-23(2)35)30(36)32-19-24-8-14-27(15-9-24)31-38-28(20-33-16-6-4-3-5-7-17-33)18-29(39-31)26-12-10-25(21-34)11-13-26/h8-15,22,28-29,31,34H,3-7,16-21H2,1-2H3,(H,32,36)/t22-,28-,29+,31?/m0/s1. The molecule has 212 valence electrons. The quantitative estimate of drug-likeness (QED) is 0.452. The van der Waals surface area contributed by atoms with Gasteiger partial charge in [0.05, 0.1) is 18.8 Å². The predicted molar refractivity (Wildman–Crippen MR) is 147 cm³/mol. The minimum absolute atomic E-state index is 0.0184. The number of aliphatic hydroxyl groups excluding tert-OH is 1. The number of ether oxygens (including phenoxy) is 3. The Morgan fingerprint density at radius 1 is 0.949 bits per heavy atom. The summed E-state index contributed by atoms with van der Waals surface area (Å²) in [5.41, 5.74) is 3.81. The molecule has 4 atom stereocenters. The fourth-order valence-electron chi connectivity index (χ4n) is 5.24. The first-order valence-corrected chi connectivity index (χ1v) is 14.2. The largest absolute Gasteiger partial charge is 0.453 e. The molecule has 8 nitrogen and oxygen atoms in total. The van der Waals surface area contributed by atoms with Gasteiger partial charge in [-0.3, -0.25) is 9.59 Å². The van der Waals surface area contributed by atoms with E-state index in [0.29, 0.717) is 6.54 Å². The number of rotatable bonds is 9. The fourth-order valence-corrected chi connectivity index (χ4v) is 5.24. The zero-order valence-corrected chi connectivity index (χ0v) is 23.1. The molecule has 2 heterocycles. The fraction of sp³-hybridized carbons (Fsp3) is 0.548. The van der Waals surface area contributed by atoms with Gasteiger partial charge in [-0.1, -0.05) is 67.8 Å². The van der Waals surface area contributed by atoms with E-state index in [1.165, 1.54) is 39.0 Å². The lowest BCUT2D eigenvalue weighted by molar-refractivity contribution is -0.253. The smallest absolute Gasteiger partial charge is 0.303 e. The first-order valence-electron chi connectivity index (χ1n) is 14.2. The lowest BCUT2D eigenvalue weighted by Crippen LogP contribution is -2.40. The lowest BCUT2D eigenvalue weighted by atomic mass is 9.99. The number of benzene rings is 2. The lowest BCUT2D eigenvalue weighted by Gasteiger charge is -2.38. The minimum atomic E-state index is -0.834. The number of likely N-dealkylation sites (tertiary alicyclic amines) is 1. The number of hydrogen-bond donors (Lipinski definition) is 2. The maximum atomic E-state index is 12.2. The molecule has 2 saturated heterocycles. The van der Waals surface area contributed by atoms with Crippen molar-refractivity contribution in [2.24, 2.45) is 0 Å². The van der Waals surface area contributed by atoms with Gasteiger partial charge in [0.15, 0.2) is 12.4 Å². The van der Waals surface area contributed by atoms with Crippen LogP contribution in [-0.2, 0) is 37.0 Å². The van der Waals surface area contributed by atoms with Gasteiger partial charge in [0.1, 0.15) is 0 Å². The second-order valence-electron chi connectivity index (χ2n) is 10.6. The van der Waals surface area contributed by atoms with Gasteiger partial charge < -0.3 is 29.5 Å². The van der Waals surface area contributed by atoms with Crippen molar-refractivity contribution in [3.05, 3.63) is 70.8 Å². The Balaban J connectivity index is 1.43. The SMILES string of the molecule is CC(=O)O[C@@H](C)C(=O)NCc1ccc(C2O[C@H](CN3CCCCCCC3)C[C@H](c3ccc(CO)cc3)O2)cc1. The van der Waals surface area contributed by atoms with Gasteiger partial charge in [0, 0.05) is 32.0 Å². The van der Waals surface area contributed by atoms with E-state index in [2.05, 4.69) is 10.2 Å². The second-order valence-corrected chi connectivity index (χ2v) is 10.6. The van der Waals surface area contributed by atoms with E-state index < -0.39 is 18.4 Å². The van der Waals surface area contributed by atoms with Gasteiger partial charge in [0.25, 0.3) is 5.91 Å². The average Bonchev–Trinajstić information content (AvgIpc) is 2.93. The van der Waals surface area contributed by atoms with Crippen LogP contribution in [0.5, 0.6) is 0 Å². The molecular weight excluding hydrogens is 496 g/mol. The highest BCUT2D eigenvalue weighted by Crippen LogP contribution is 2.38. The van der Waals surface area contributed by atoms with Gasteiger partial charge in [-0.05, 0) is 49.5 Å². The summed E-state index contributed by atoms with van der Waals surface area (Å²) in [7, 11) is 0. The number of aliphatic hydroxyl groups is 1. The summed E-state index contributed by atoms with van der Waals surface area (Å²) in [5, 5.41) is 12.3. The number of hydrogen-bond acceptors (Lipinski definition) is 7. The molecule has 39 heavy (non-hydrogen) atoms. The van der Waals surface area contributed by atoms with E-state index in [1.807, 2.05) is 48.5 Å². The molecule has 8 heteroatoms. The van der Waals surface area contributed by atoms with E-state index >= 15 is 0 Å². The van der Waals surface area contributed by atoms with Crippen LogP contribution in [0.3, 0.4) is 0 Å². The molecule has 2 aromatic carbocycles. The molecule has 0 aromatic heterocycles. The number of carbonyl (C=O) groups excluding carboxylic acids is 2. The molecule has 0 spiro atoms. The van der Waals surface area contributed by atoms with Crippen LogP contribution in [0.15, 0.2) is 48.5 Å². The summed E-state index contributed by atoms with van der Waals surface area (Å²) in [6.07, 6.45) is 5.74. The van der Waals surface area contributed by atoms with Crippen molar-refractivity contribution in [1.82, 2.24) is 10.2 Å². The zero-order chi connectivity index (χ0) is 27.6. The van der Waals surface area contributed by atoms with Crippen molar-refractivity contribution in [1.29, 1.82) is 0 Å². The van der Waals surface area contributed by atoms with Crippen LogP contribution in [0.1, 0.15) is 87.0 Å². The number of nitrogens with one attached hydrogen (secondary N) is 1. The van der Waals surface area contributed by atoms with Crippen molar-refractivity contribution in [3.8, 4) is 0 Å². The van der Waals surface area contributed by atoms with Gasteiger partial charge in [0.2, 0.25) is 0 Å². The Morgan fingerprint density at radius 2 is 1.56 bits per heavy atom. The molecule has 0 saturated carbocycles. The Hall–Kier alpha value is -2.78. The van der Waals surface area contributed by atoms with E-state index in [4.69, 9.17) is 14.2 Å². The molecule has 0 radical (unpaired) electrons. The highest BCUT2D eigenvalue weighted by atomic mass is 16.7. The van der Waals surface area contributed by atoms with Crippen molar-refractivity contribution in [2.45, 2.75) is 90.1 Å². The van der Waals surface area contributed by atoms with Crippen LogP contribution >= 0.6 is 0 Å². The molecule has 0 aliphatic carbocycles. The molecule has 0 bridgehead atoms. The van der Waals surface area contributed by atoms with Crippen LogP contribution < -0.4 is 5.32 Å². The summed E-state index contributed by atoms with van der Waals surface area (Å²) < 4.78 is 17.9. The zero-order valence-electron chi connectivity index (χ0n) is 23.1. The van der Waals surface area contributed by atoms with Crippen molar-refractivity contribution in [2.75, 3.05) is 19.6 Å². The van der Waals surface area contributed by atoms with Gasteiger partial charge in [-0.2, -0.15) is 0 Å². The summed E-state index contributed by atoms with van der Waals surface area (Å²) in [4.78, 5) is 25.8. The summed E-state index contributed by atoms with van der Waals surface area (Å²) in [5.74, 6) is -0.822. The molecule has 2 aliphatic rings. The Kier molecular flexibility index (Phi) is 10.9. The van der Waals surface area contributed by atoms with Gasteiger partial charge in [-0.25, -0.2) is 0 Å². The Morgan fingerprint density at radius 3 is 2.21 bits per heavy atom. The maximum absolute atomic E-state index is 12.2. The molecule has 2 N–H and O–H groups in total. The normalized spacial score (nSPS) is 23.3. The van der Waals surface area contributed by atoms with Crippen LogP contribution in [0.25, 0.3) is 0 Å². The highest BCUT2D eigenvalue weighted by Gasteiger charge is 2.33. The molecule has 2 aromatic rings. The summed E-state index contributed by atoms with van der Waals surface area (Å²) in [6, 6.07) is 15.8. The van der Waals surface area contributed by atoms with Gasteiger partial charge in [-0.15, -0.1) is 0 Å².